The van der Waals surface area contributed by atoms with Gasteiger partial charge in [-0.25, -0.2) is 0 Å². The highest BCUT2D eigenvalue weighted by Crippen LogP contribution is 2.17. The number of rotatable bonds is 4. The number of aromatic nitrogens is 3. The number of nitrogens with zero attached hydrogens (tertiary/aromatic N) is 4. The highest BCUT2D eigenvalue weighted by atomic mass is 16.5. The summed E-state index contributed by atoms with van der Waals surface area (Å²) in [5.74, 6) is 2.97. The molecule has 1 atom stereocenters. The van der Waals surface area contributed by atoms with Crippen LogP contribution in [-0.4, -0.2) is 39.4 Å². The van der Waals surface area contributed by atoms with Crippen LogP contribution < -0.4 is 0 Å². The molecule has 0 aromatic carbocycles. The molecule has 3 heterocycles. The fourth-order valence-electron chi connectivity index (χ4n) is 2.70. The lowest BCUT2D eigenvalue weighted by molar-refractivity contribution is 0.169. The van der Waals surface area contributed by atoms with E-state index < -0.39 is 0 Å². The van der Waals surface area contributed by atoms with E-state index in [9.17, 15) is 0 Å². The molecular weight excluding hydrogens is 256 g/mol. The topological polar surface area (TPSA) is 56.3 Å². The number of ether oxygens (including phenoxy) is 1. The van der Waals surface area contributed by atoms with Crippen molar-refractivity contribution in [2.45, 2.75) is 39.1 Å². The third kappa shape index (κ3) is 2.62. The second-order valence-corrected chi connectivity index (χ2v) is 5.22. The monoisotopic (exact) mass is 276 g/mol. The standard InChI is InChI=1S/C14H20N4O2/c1-11-8-13-15-16-14(10-19-2)18(13)6-5-17(11)9-12-4-3-7-20-12/h3-4,7,11H,5-6,8-10H2,1-2H3/t11-/m1/s1. The molecule has 0 amide bonds. The molecule has 0 radical (unpaired) electrons. The van der Waals surface area contributed by atoms with E-state index in [0.717, 1.165) is 43.5 Å². The van der Waals surface area contributed by atoms with Crippen LogP contribution in [0, 0.1) is 0 Å². The summed E-state index contributed by atoms with van der Waals surface area (Å²) in [5.41, 5.74) is 0. The zero-order valence-corrected chi connectivity index (χ0v) is 12.0. The van der Waals surface area contributed by atoms with Crippen molar-refractivity contribution in [3.63, 3.8) is 0 Å². The molecule has 1 aliphatic rings. The van der Waals surface area contributed by atoms with Gasteiger partial charge in [0.15, 0.2) is 5.82 Å². The van der Waals surface area contributed by atoms with Crippen LogP contribution in [0.3, 0.4) is 0 Å². The Bertz CT molecular complexity index is 550. The van der Waals surface area contributed by atoms with Crippen molar-refractivity contribution in [2.75, 3.05) is 13.7 Å². The molecule has 0 aliphatic carbocycles. The van der Waals surface area contributed by atoms with Gasteiger partial charge in [-0.2, -0.15) is 0 Å². The van der Waals surface area contributed by atoms with Crippen LogP contribution in [0.4, 0.5) is 0 Å². The van der Waals surface area contributed by atoms with E-state index in [1.54, 1.807) is 13.4 Å². The molecule has 0 saturated carbocycles. The molecule has 0 spiro atoms. The summed E-state index contributed by atoms with van der Waals surface area (Å²) >= 11 is 0. The smallest absolute Gasteiger partial charge is 0.159 e. The quantitative estimate of drug-likeness (QED) is 0.846. The van der Waals surface area contributed by atoms with Crippen LogP contribution in [0.25, 0.3) is 0 Å². The van der Waals surface area contributed by atoms with Gasteiger partial charge in [-0.3, -0.25) is 4.90 Å². The van der Waals surface area contributed by atoms with Gasteiger partial charge in [0, 0.05) is 32.7 Å². The van der Waals surface area contributed by atoms with Crippen LogP contribution in [0.1, 0.15) is 24.3 Å². The van der Waals surface area contributed by atoms with Crippen molar-refractivity contribution in [1.29, 1.82) is 0 Å². The van der Waals surface area contributed by atoms with Gasteiger partial charge in [0.1, 0.15) is 18.2 Å². The first-order valence-corrected chi connectivity index (χ1v) is 6.94. The fraction of sp³-hybridized carbons (Fsp3) is 0.571. The van der Waals surface area contributed by atoms with Crippen molar-refractivity contribution in [2.24, 2.45) is 0 Å². The molecule has 6 heteroatoms. The average Bonchev–Trinajstić information content (AvgIpc) is 3.03. The lowest BCUT2D eigenvalue weighted by Crippen LogP contribution is -2.34. The summed E-state index contributed by atoms with van der Waals surface area (Å²) < 4.78 is 12.8. The maximum Gasteiger partial charge on any atom is 0.159 e. The van der Waals surface area contributed by atoms with Gasteiger partial charge < -0.3 is 13.7 Å². The van der Waals surface area contributed by atoms with Gasteiger partial charge in [-0.1, -0.05) is 0 Å². The molecule has 20 heavy (non-hydrogen) atoms. The molecule has 0 N–H and O–H groups in total. The van der Waals surface area contributed by atoms with Crippen LogP contribution in [-0.2, 0) is 30.9 Å². The highest BCUT2D eigenvalue weighted by Gasteiger charge is 2.24. The molecule has 6 nitrogen and oxygen atoms in total. The van der Waals surface area contributed by atoms with Crippen molar-refractivity contribution >= 4 is 0 Å². The Kier molecular flexibility index (Phi) is 3.84. The first-order valence-electron chi connectivity index (χ1n) is 6.94. The molecule has 0 saturated heterocycles. The molecule has 0 fully saturated rings. The second kappa shape index (κ2) is 5.76. The predicted molar refractivity (Wildman–Crippen MR) is 73.0 cm³/mol. The summed E-state index contributed by atoms with van der Waals surface area (Å²) in [6.07, 6.45) is 2.63. The molecule has 3 rings (SSSR count). The van der Waals surface area contributed by atoms with Crippen molar-refractivity contribution in [3.8, 4) is 0 Å². The number of hydrogen-bond acceptors (Lipinski definition) is 5. The van der Waals surface area contributed by atoms with E-state index in [-0.39, 0.29) is 0 Å². The lowest BCUT2D eigenvalue weighted by atomic mass is 10.2. The highest BCUT2D eigenvalue weighted by molar-refractivity contribution is 5.02. The predicted octanol–water partition coefficient (Wildman–Crippen LogP) is 1.46. The lowest BCUT2D eigenvalue weighted by Gasteiger charge is -2.25. The van der Waals surface area contributed by atoms with E-state index in [1.807, 2.05) is 12.1 Å². The van der Waals surface area contributed by atoms with Gasteiger partial charge in [-0.15, -0.1) is 10.2 Å². The molecule has 2 aromatic rings. The summed E-state index contributed by atoms with van der Waals surface area (Å²) in [6.45, 7) is 5.44. The van der Waals surface area contributed by atoms with Crippen LogP contribution in [0.2, 0.25) is 0 Å². The molecule has 108 valence electrons. The Hall–Kier alpha value is -1.66. The minimum absolute atomic E-state index is 0.418. The molecule has 0 unspecified atom stereocenters. The Balaban J connectivity index is 1.74. The Labute approximate surface area is 118 Å². The second-order valence-electron chi connectivity index (χ2n) is 5.22. The Morgan fingerprint density at radius 2 is 2.30 bits per heavy atom. The van der Waals surface area contributed by atoms with Crippen LogP contribution in [0.15, 0.2) is 22.8 Å². The van der Waals surface area contributed by atoms with Crippen molar-refractivity contribution in [1.82, 2.24) is 19.7 Å². The summed E-state index contributed by atoms with van der Waals surface area (Å²) in [7, 11) is 1.68. The van der Waals surface area contributed by atoms with Gasteiger partial charge in [0.2, 0.25) is 0 Å². The third-order valence-electron chi connectivity index (χ3n) is 3.83. The minimum atomic E-state index is 0.418. The van der Waals surface area contributed by atoms with Gasteiger partial charge in [0.25, 0.3) is 0 Å². The Morgan fingerprint density at radius 3 is 3.05 bits per heavy atom. The summed E-state index contributed by atoms with van der Waals surface area (Å²) in [5, 5.41) is 8.52. The van der Waals surface area contributed by atoms with Crippen molar-refractivity contribution in [3.05, 3.63) is 35.8 Å². The van der Waals surface area contributed by atoms with Gasteiger partial charge in [-0.05, 0) is 19.1 Å². The third-order valence-corrected chi connectivity index (χ3v) is 3.83. The van der Waals surface area contributed by atoms with E-state index in [1.165, 1.54) is 0 Å². The molecule has 2 aromatic heterocycles. The summed E-state index contributed by atoms with van der Waals surface area (Å²) in [6, 6.07) is 4.37. The SMILES string of the molecule is COCc1nnc2n1CCN(Cc1ccco1)[C@H](C)C2. The summed E-state index contributed by atoms with van der Waals surface area (Å²) in [4.78, 5) is 2.42. The van der Waals surface area contributed by atoms with E-state index in [0.29, 0.717) is 12.6 Å². The first-order chi connectivity index (χ1) is 9.78. The number of methoxy groups -OCH3 is 1. The van der Waals surface area contributed by atoms with E-state index in [2.05, 4.69) is 26.6 Å². The molecule has 1 aliphatic heterocycles. The maximum atomic E-state index is 5.45. The van der Waals surface area contributed by atoms with Gasteiger partial charge in [0.05, 0.1) is 12.8 Å². The number of hydrogen-bond donors (Lipinski definition) is 0. The minimum Gasteiger partial charge on any atom is -0.468 e. The van der Waals surface area contributed by atoms with E-state index in [4.69, 9.17) is 9.15 Å². The number of furan rings is 1. The van der Waals surface area contributed by atoms with Gasteiger partial charge >= 0.3 is 0 Å². The van der Waals surface area contributed by atoms with E-state index >= 15 is 0 Å². The van der Waals surface area contributed by atoms with Crippen LogP contribution in [0.5, 0.6) is 0 Å². The van der Waals surface area contributed by atoms with Crippen LogP contribution >= 0.6 is 0 Å². The Morgan fingerprint density at radius 1 is 1.40 bits per heavy atom. The first kappa shape index (κ1) is 13.3. The zero-order chi connectivity index (χ0) is 13.9. The fourth-order valence-corrected chi connectivity index (χ4v) is 2.70. The average molecular weight is 276 g/mol. The molecular formula is C14H20N4O2. The zero-order valence-electron chi connectivity index (χ0n) is 12.0. The molecule has 0 bridgehead atoms. The largest absolute Gasteiger partial charge is 0.468 e. The van der Waals surface area contributed by atoms with Crippen molar-refractivity contribution < 1.29 is 9.15 Å². The maximum absolute atomic E-state index is 5.45. The normalized spacial score (nSPS) is 19.8. The number of fused-ring (bicyclic) bond motifs is 1.